The molecule has 2 saturated heterocycles. The Labute approximate surface area is 228 Å². The summed E-state index contributed by atoms with van der Waals surface area (Å²) in [5.41, 5.74) is 6.54. The molecule has 2 aliphatic heterocycles. The smallest absolute Gasteiger partial charge is 0.174 e. The third-order valence-electron chi connectivity index (χ3n) is 7.34. The zero-order valence-corrected chi connectivity index (χ0v) is 22.4. The number of pyridine rings is 1. The van der Waals surface area contributed by atoms with Crippen molar-refractivity contribution in [3.8, 4) is 11.4 Å². The van der Waals surface area contributed by atoms with Crippen LogP contribution in [-0.2, 0) is 4.74 Å². The molecule has 4 heterocycles. The summed E-state index contributed by atoms with van der Waals surface area (Å²) in [6, 6.07) is 27.0. The molecular formula is C30H31N5O2S. The monoisotopic (exact) mass is 525 g/mol. The molecule has 0 bridgehead atoms. The fraction of sp³-hybridized carbons (Fsp3) is 0.267. The first-order valence-corrected chi connectivity index (χ1v) is 13.3. The second kappa shape index (κ2) is 10.5. The van der Waals surface area contributed by atoms with Crippen molar-refractivity contribution in [1.29, 1.82) is 0 Å². The molecule has 1 N–H and O–H groups in total. The second-order valence-corrected chi connectivity index (χ2v) is 9.93. The number of nitrogens with one attached hydrogen (secondary N) is 1. The molecule has 0 amide bonds. The van der Waals surface area contributed by atoms with E-state index in [2.05, 4.69) is 81.2 Å². The lowest BCUT2D eigenvalue weighted by atomic mass is 10.0. The Morgan fingerprint density at radius 1 is 0.895 bits per heavy atom. The highest BCUT2D eigenvalue weighted by Crippen LogP contribution is 2.43. The fourth-order valence-electron chi connectivity index (χ4n) is 5.45. The van der Waals surface area contributed by atoms with Crippen LogP contribution in [0, 0.1) is 6.92 Å². The van der Waals surface area contributed by atoms with Crippen molar-refractivity contribution >= 4 is 28.7 Å². The largest absolute Gasteiger partial charge is 0.497 e. The van der Waals surface area contributed by atoms with E-state index in [0.29, 0.717) is 5.11 Å². The Bertz CT molecular complexity index is 1400. The number of thiocarbonyl (C=S) groups is 1. The average Bonchev–Trinajstić information content (AvgIpc) is 3.53. The highest BCUT2D eigenvalue weighted by Gasteiger charge is 2.42. The van der Waals surface area contributed by atoms with Crippen LogP contribution in [0.15, 0.2) is 85.1 Å². The van der Waals surface area contributed by atoms with Crippen LogP contribution in [0.5, 0.6) is 5.75 Å². The van der Waals surface area contributed by atoms with Crippen molar-refractivity contribution in [3.63, 3.8) is 0 Å². The third-order valence-corrected chi connectivity index (χ3v) is 7.66. The van der Waals surface area contributed by atoms with Gasteiger partial charge in [-0.05, 0) is 91.9 Å². The number of aryl methyl sites for hydroxylation is 1. The van der Waals surface area contributed by atoms with E-state index in [1.165, 1.54) is 5.69 Å². The van der Waals surface area contributed by atoms with Crippen molar-refractivity contribution in [1.82, 2.24) is 14.9 Å². The topological polar surface area (TPSA) is 54.8 Å². The summed E-state index contributed by atoms with van der Waals surface area (Å²) in [6.45, 7) is 5.46. The molecule has 6 rings (SSSR count). The van der Waals surface area contributed by atoms with E-state index in [9.17, 15) is 0 Å². The summed E-state index contributed by atoms with van der Waals surface area (Å²) >= 11 is 5.97. The molecule has 38 heavy (non-hydrogen) atoms. The van der Waals surface area contributed by atoms with Gasteiger partial charge in [-0.2, -0.15) is 0 Å². The molecule has 2 aromatic heterocycles. The van der Waals surface area contributed by atoms with Gasteiger partial charge in [-0.3, -0.25) is 4.98 Å². The van der Waals surface area contributed by atoms with E-state index >= 15 is 0 Å². The molecule has 7 nitrogen and oxygen atoms in total. The van der Waals surface area contributed by atoms with Crippen molar-refractivity contribution in [3.05, 3.63) is 102 Å². The zero-order valence-electron chi connectivity index (χ0n) is 21.6. The van der Waals surface area contributed by atoms with E-state index < -0.39 is 0 Å². The van der Waals surface area contributed by atoms with Gasteiger partial charge in [0.1, 0.15) is 11.8 Å². The number of anilines is 2. The van der Waals surface area contributed by atoms with Crippen LogP contribution < -0.4 is 19.9 Å². The lowest BCUT2D eigenvalue weighted by Gasteiger charge is -2.31. The van der Waals surface area contributed by atoms with E-state index in [4.69, 9.17) is 26.7 Å². The van der Waals surface area contributed by atoms with Crippen molar-refractivity contribution in [2.24, 2.45) is 0 Å². The van der Waals surface area contributed by atoms with Gasteiger partial charge in [-0.1, -0.05) is 6.07 Å². The molecular weight excluding hydrogens is 494 g/mol. The molecule has 2 fully saturated rings. The number of ether oxygens (including phenoxy) is 2. The lowest BCUT2D eigenvalue weighted by Crippen LogP contribution is -2.36. The van der Waals surface area contributed by atoms with E-state index in [1.807, 2.05) is 30.5 Å². The van der Waals surface area contributed by atoms with Gasteiger partial charge in [0.2, 0.25) is 0 Å². The Kier molecular flexibility index (Phi) is 6.74. The number of morpholine rings is 1. The van der Waals surface area contributed by atoms with Crippen LogP contribution >= 0.6 is 12.2 Å². The third kappa shape index (κ3) is 4.50. The quantitative estimate of drug-likeness (QED) is 0.347. The van der Waals surface area contributed by atoms with Gasteiger partial charge in [0.15, 0.2) is 5.11 Å². The molecule has 0 radical (unpaired) electrons. The summed E-state index contributed by atoms with van der Waals surface area (Å²) < 4.78 is 13.2. The Hall–Kier alpha value is -3.88. The summed E-state index contributed by atoms with van der Waals surface area (Å²) in [7, 11) is 1.69. The predicted molar refractivity (Wildman–Crippen MR) is 154 cm³/mol. The van der Waals surface area contributed by atoms with Gasteiger partial charge >= 0.3 is 0 Å². The standard InChI is InChI=1S/C30H31N5O2S/c1-21-6-15-27(34(21)23-11-13-25(36-2)14-12-23)29-28(26-5-3-4-16-31-26)32-30(38)35(29)24-9-7-22(8-10-24)33-17-19-37-20-18-33/h3-16,28-29H,17-20H2,1-2H3,(H,32,38). The SMILES string of the molecule is COc1ccc(-n2c(C)ccc2C2C(c3ccccn3)NC(=S)N2c2ccc(N3CCOCC3)cc2)cc1. The van der Waals surface area contributed by atoms with Gasteiger partial charge < -0.3 is 29.2 Å². The first-order chi connectivity index (χ1) is 18.6. The summed E-state index contributed by atoms with van der Waals surface area (Å²) in [6.07, 6.45) is 1.84. The van der Waals surface area contributed by atoms with Gasteiger partial charge in [0, 0.05) is 47.7 Å². The highest BCUT2D eigenvalue weighted by atomic mass is 32.1. The molecule has 0 spiro atoms. The first kappa shape index (κ1) is 24.5. The van der Waals surface area contributed by atoms with Gasteiger partial charge in [-0.15, -0.1) is 0 Å². The Balaban J connectivity index is 1.43. The van der Waals surface area contributed by atoms with Crippen LogP contribution in [-0.4, -0.2) is 48.1 Å². The van der Waals surface area contributed by atoms with Crippen molar-refractivity contribution in [2.75, 3.05) is 43.2 Å². The van der Waals surface area contributed by atoms with Gasteiger partial charge in [0.05, 0.1) is 32.1 Å². The Morgan fingerprint density at radius 2 is 1.61 bits per heavy atom. The molecule has 2 unspecified atom stereocenters. The first-order valence-electron chi connectivity index (χ1n) is 12.9. The number of aromatic nitrogens is 2. The minimum Gasteiger partial charge on any atom is -0.497 e. The molecule has 2 atom stereocenters. The Morgan fingerprint density at radius 3 is 2.29 bits per heavy atom. The lowest BCUT2D eigenvalue weighted by molar-refractivity contribution is 0.122. The molecule has 0 aliphatic carbocycles. The maximum absolute atomic E-state index is 5.97. The number of hydrogen-bond donors (Lipinski definition) is 1. The molecule has 2 aliphatic rings. The molecule has 8 heteroatoms. The van der Waals surface area contributed by atoms with E-state index in [0.717, 1.165) is 60.5 Å². The minimum absolute atomic E-state index is 0.109. The van der Waals surface area contributed by atoms with Crippen molar-refractivity contribution in [2.45, 2.75) is 19.0 Å². The van der Waals surface area contributed by atoms with E-state index in [-0.39, 0.29) is 12.1 Å². The van der Waals surface area contributed by atoms with Crippen molar-refractivity contribution < 1.29 is 9.47 Å². The molecule has 2 aromatic carbocycles. The molecule has 4 aromatic rings. The number of methoxy groups -OCH3 is 1. The van der Waals surface area contributed by atoms with Crippen LogP contribution in [0.4, 0.5) is 11.4 Å². The fourth-order valence-corrected chi connectivity index (χ4v) is 5.80. The van der Waals surface area contributed by atoms with Crippen LogP contribution in [0.3, 0.4) is 0 Å². The predicted octanol–water partition coefficient (Wildman–Crippen LogP) is 5.20. The van der Waals surface area contributed by atoms with E-state index in [1.54, 1.807) is 7.11 Å². The van der Waals surface area contributed by atoms with Crippen LogP contribution in [0.2, 0.25) is 0 Å². The maximum atomic E-state index is 5.97. The summed E-state index contributed by atoms with van der Waals surface area (Å²) in [5.74, 6) is 0.831. The van der Waals surface area contributed by atoms with Gasteiger partial charge in [-0.25, -0.2) is 0 Å². The summed E-state index contributed by atoms with van der Waals surface area (Å²) in [4.78, 5) is 9.30. The number of nitrogens with zero attached hydrogens (tertiary/aromatic N) is 4. The second-order valence-electron chi connectivity index (χ2n) is 9.55. The minimum atomic E-state index is -0.117. The molecule has 0 saturated carbocycles. The number of rotatable bonds is 6. The highest BCUT2D eigenvalue weighted by molar-refractivity contribution is 7.80. The van der Waals surface area contributed by atoms with Crippen LogP contribution in [0.1, 0.15) is 29.2 Å². The zero-order chi connectivity index (χ0) is 26.1. The number of benzene rings is 2. The van der Waals surface area contributed by atoms with Crippen LogP contribution in [0.25, 0.3) is 5.69 Å². The summed E-state index contributed by atoms with van der Waals surface area (Å²) in [5, 5.41) is 4.27. The average molecular weight is 526 g/mol. The van der Waals surface area contributed by atoms with Gasteiger partial charge in [0.25, 0.3) is 0 Å². The maximum Gasteiger partial charge on any atom is 0.174 e. The number of hydrogen-bond acceptors (Lipinski definition) is 5. The normalized spacial score (nSPS) is 19.5. The molecule has 194 valence electrons.